The monoisotopic (exact) mass is 317 g/mol. The summed E-state index contributed by atoms with van der Waals surface area (Å²) in [7, 11) is 0. The van der Waals surface area contributed by atoms with Gasteiger partial charge >= 0.3 is 6.09 Å². The lowest BCUT2D eigenvalue weighted by Gasteiger charge is -2.33. The summed E-state index contributed by atoms with van der Waals surface area (Å²) in [6.07, 6.45) is 4.23. The van der Waals surface area contributed by atoms with Crippen LogP contribution >= 0.6 is 0 Å². The molecule has 124 valence electrons. The number of rotatable bonds is 0. The molecule has 1 amide bonds. The van der Waals surface area contributed by atoms with E-state index < -0.39 is 5.60 Å². The van der Waals surface area contributed by atoms with Crippen molar-refractivity contribution in [2.45, 2.75) is 64.0 Å². The molecule has 5 heteroatoms. The number of benzene rings is 1. The Kier molecular flexibility index (Phi) is 3.22. The van der Waals surface area contributed by atoms with Crippen molar-refractivity contribution in [2.24, 2.45) is 0 Å². The van der Waals surface area contributed by atoms with Crippen molar-refractivity contribution in [2.75, 3.05) is 11.7 Å². The fourth-order valence-electron chi connectivity index (χ4n) is 3.96. The number of hydrogen-bond acceptors (Lipinski definition) is 4. The van der Waals surface area contributed by atoms with Crippen LogP contribution in [0.25, 0.3) is 0 Å². The van der Waals surface area contributed by atoms with E-state index >= 15 is 0 Å². The lowest BCUT2D eigenvalue weighted by Crippen LogP contribution is -2.43. The van der Waals surface area contributed by atoms with Crippen LogP contribution < -0.4 is 14.4 Å². The second-order valence-electron chi connectivity index (χ2n) is 7.57. The average Bonchev–Trinajstić information content (AvgIpc) is 3.04. The van der Waals surface area contributed by atoms with Crippen LogP contribution in [0.2, 0.25) is 0 Å². The number of carbonyl (C=O) groups excluding carboxylic acids is 1. The van der Waals surface area contributed by atoms with Gasteiger partial charge < -0.3 is 14.2 Å². The van der Waals surface area contributed by atoms with Gasteiger partial charge in [-0.3, -0.25) is 4.90 Å². The zero-order valence-corrected chi connectivity index (χ0v) is 13.9. The van der Waals surface area contributed by atoms with Gasteiger partial charge in [-0.25, -0.2) is 4.79 Å². The van der Waals surface area contributed by atoms with Crippen LogP contribution in [0.4, 0.5) is 10.5 Å². The summed E-state index contributed by atoms with van der Waals surface area (Å²) in [6.45, 7) is 5.96. The summed E-state index contributed by atoms with van der Waals surface area (Å²) in [4.78, 5) is 14.7. The van der Waals surface area contributed by atoms with Crippen molar-refractivity contribution in [3.63, 3.8) is 0 Å². The highest BCUT2D eigenvalue weighted by Crippen LogP contribution is 2.52. The van der Waals surface area contributed by atoms with Crippen LogP contribution in [-0.4, -0.2) is 24.5 Å². The molecule has 2 aliphatic heterocycles. The van der Waals surface area contributed by atoms with Crippen LogP contribution in [-0.2, 0) is 4.74 Å². The standard InChI is InChI=1S/C18H23NO4/c1-18(2,3)23-17(20)19-13-7-5-4-6-11(13)12-8-15-16(9-14(12)19)22-10-21-15/h8-9,11,13H,4-7,10H2,1-3H3/t11-,13-/m1/s1. The Bertz CT molecular complexity index is 649. The molecule has 0 saturated heterocycles. The highest BCUT2D eigenvalue weighted by atomic mass is 16.7. The molecule has 3 aliphatic rings. The van der Waals surface area contributed by atoms with Crippen molar-refractivity contribution in [1.29, 1.82) is 0 Å². The molecule has 23 heavy (non-hydrogen) atoms. The number of anilines is 1. The molecular formula is C18H23NO4. The summed E-state index contributed by atoms with van der Waals surface area (Å²) in [6, 6.07) is 4.20. The minimum Gasteiger partial charge on any atom is -0.454 e. The first kappa shape index (κ1) is 14.7. The summed E-state index contributed by atoms with van der Waals surface area (Å²) in [5.74, 6) is 1.89. The Morgan fingerprint density at radius 3 is 2.61 bits per heavy atom. The van der Waals surface area contributed by atoms with E-state index in [-0.39, 0.29) is 18.9 Å². The fourth-order valence-corrected chi connectivity index (χ4v) is 3.96. The first-order valence-corrected chi connectivity index (χ1v) is 8.40. The van der Waals surface area contributed by atoms with E-state index in [4.69, 9.17) is 14.2 Å². The summed E-state index contributed by atoms with van der Waals surface area (Å²) in [5.41, 5.74) is 1.63. The van der Waals surface area contributed by atoms with Gasteiger partial charge in [-0.15, -0.1) is 0 Å². The molecule has 5 nitrogen and oxygen atoms in total. The Morgan fingerprint density at radius 2 is 1.87 bits per heavy atom. The molecule has 0 bridgehead atoms. The van der Waals surface area contributed by atoms with Gasteiger partial charge in [0, 0.05) is 18.0 Å². The third kappa shape index (κ3) is 2.42. The van der Waals surface area contributed by atoms with Gasteiger partial charge in [0.25, 0.3) is 0 Å². The van der Waals surface area contributed by atoms with E-state index in [2.05, 4.69) is 6.07 Å². The van der Waals surface area contributed by atoms with Crippen LogP contribution in [0.3, 0.4) is 0 Å². The number of fused-ring (bicyclic) bond motifs is 4. The van der Waals surface area contributed by atoms with E-state index in [0.717, 1.165) is 36.4 Å². The Morgan fingerprint density at radius 1 is 1.17 bits per heavy atom. The maximum Gasteiger partial charge on any atom is 0.415 e. The Hall–Kier alpha value is -1.91. The molecule has 1 fully saturated rings. The molecule has 0 aromatic heterocycles. The molecule has 2 heterocycles. The highest BCUT2D eigenvalue weighted by molar-refractivity contribution is 5.93. The van der Waals surface area contributed by atoms with Gasteiger partial charge in [-0.2, -0.15) is 0 Å². The second-order valence-corrected chi connectivity index (χ2v) is 7.57. The number of carbonyl (C=O) groups is 1. The van der Waals surface area contributed by atoms with E-state index in [1.54, 1.807) is 0 Å². The molecule has 0 N–H and O–H groups in total. The Balaban J connectivity index is 1.75. The third-order valence-corrected chi connectivity index (χ3v) is 4.83. The molecule has 4 rings (SSSR count). The fraction of sp³-hybridized carbons (Fsp3) is 0.611. The molecule has 0 radical (unpaired) electrons. The highest BCUT2D eigenvalue weighted by Gasteiger charge is 2.45. The average molecular weight is 317 g/mol. The minimum absolute atomic E-state index is 0.191. The number of ether oxygens (including phenoxy) is 3. The molecular weight excluding hydrogens is 294 g/mol. The topological polar surface area (TPSA) is 48.0 Å². The van der Waals surface area contributed by atoms with Crippen LogP contribution in [0.15, 0.2) is 12.1 Å². The maximum atomic E-state index is 12.8. The Labute approximate surface area is 136 Å². The zero-order valence-electron chi connectivity index (χ0n) is 13.9. The lowest BCUT2D eigenvalue weighted by atomic mass is 9.82. The van der Waals surface area contributed by atoms with E-state index in [9.17, 15) is 4.79 Å². The third-order valence-electron chi connectivity index (χ3n) is 4.83. The molecule has 0 unspecified atom stereocenters. The molecule has 1 aliphatic carbocycles. The van der Waals surface area contributed by atoms with Gasteiger partial charge in [0.05, 0.1) is 5.69 Å². The number of nitrogens with zero attached hydrogens (tertiary/aromatic N) is 1. The largest absolute Gasteiger partial charge is 0.454 e. The smallest absolute Gasteiger partial charge is 0.415 e. The normalized spacial score (nSPS) is 25.1. The predicted molar refractivity (Wildman–Crippen MR) is 86.3 cm³/mol. The van der Waals surface area contributed by atoms with Crippen molar-refractivity contribution >= 4 is 11.8 Å². The zero-order chi connectivity index (χ0) is 16.2. The summed E-state index contributed by atoms with van der Waals surface area (Å²) in [5, 5.41) is 0. The van der Waals surface area contributed by atoms with Gasteiger partial charge in [0.15, 0.2) is 11.5 Å². The minimum atomic E-state index is -0.500. The van der Waals surface area contributed by atoms with E-state index in [1.807, 2.05) is 31.7 Å². The van der Waals surface area contributed by atoms with Crippen molar-refractivity contribution < 1.29 is 19.0 Å². The van der Waals surface area contributed by atoms with Crippen molar-refractivity contribution in [1.82, 2.24) is 0 Å². The maximum absolute atomic E-state index is 12.8. The molecule has 1 aromatic carbocycles. The first-order valence-electron chi connectivity index (χ1n) is 8.40. The molecule has 2 atom stereocenters. The van der Waals surface area contributed by atoms with Gasteiger partial charge in [0.1, 0.15) is 5.60 Å². The number of hydrogen-bond donors (Lipinski definition) is 0. The van der Waals surface area contributed by atoms with Crippen LogP contribution in [0.5, 0.6) is 11.5 Å². The molecule has 1 saturated carbocycles. The van der Waals surface area contributed by atoms with E-state index in [0.29, 0.717) is 5.92 Å². The van der Waals surface area contributed by atoms with Crippen LogP contribution in [0.1, 0.15) is 57.9 Å². The molecule has 0 spiro atoms. The summed E-state index contributed by atoms with van der Waals surface area (Å²) >= 11 is 0. The first-order chi connectivity index (χ1) is 10.9. The van der Waals surface area contributed by atoms with Gasteiger partial charge in [-0.05, 0) is 45.2 Å². The van der Waals surface area contributed by atoms with Crippen molar-refractivity contribution in [3.05, 3.63) is 17.7 Å². The van der Waals surface area contributed by atoms with Gasteiger partial charge in [-0.1, -0.05) is 12.8 Å². The van der Waals surface area contributed by atoms with E-state index in [1.165, 1.54) is 12.0 Å². The number of amides is 1. The SMILES string of the molecule is CC(C)(C)OC(=O)N1c2cc3c(cc2[C@H]2CCCC[C@H]21)OCO3. The predicted octanol–water partition coefficient (Wildman–Crippen LogP) is 4.20. The quantitative estimate of drug-likeness (QED) is 0.719. The lowest BCUT2D eigenvalue weighted by molar-refractivity contribution is 0.0560. The molecule has 1 aromatic rings. The van der Waals surface area contributed by atoms with Crippen molar-refractivity contribution in [3.8, 4) is 11.5 Å². The van der Waals surface area contributed by atoms with Gasteiger partial charge in [0.2, 0.25) is 6.79 Å². The second kappa shape index (κ2) is 5.05. The summed E-state index contributed by atoms with van der Waals surface area (Å²) < 4.78 is 16.7. The van der Waals surface area contributed by atoms with Crippen LogP contribution in [0, 0.1) is 0 Å².